The molecule has 0 aliphatic rings. The molecule has 2 rings (SSSR count). The lowest BCUT2D eigenvalue weighted by Crippen LogP contribution is -2.19. The van der Waals surface area contributed by atoms with Crippen molar-refractivity contribution >= 4 is 17.8 Å². The van der Waals surface area contributed by atoms with Gasteiger partial charge in [-0.25, -0.2) is 5.43 Å². The Morgan fingerprint density at radius 2 is 1.70 bits per heavy atom. The van der Waals surface area contributed by atoms with Gasteiger partial charge in [0.1, 0.15) is 0 Å². The van der Waals surface area contributed by atoms with Crippen LogP contribution in [-0.4, -0.2) is 38.4 Å². The maximum atomic E-state index is 11.9. The maximum Gasteiger partial charge on any atom is 0.269 e. The number of ether oxygens (including phenoxy) is 3. The minimum Gasteiger partial charge on any atom is -0.493 e. The summed E-state index contributed by atoms with van der Waals surface area (Å²) in [5.74, 6) is 1.04. The van der Waals surface area contributed by atoms with E-state index in [2.05, 4.69) is 10.5 Å². The van der Waals surface area contributed by atoms with Crippen LogP contribution < -0.4 is 19.6 Å². The molecule has 0 radical (unpaired) electrons. The number of carbonyl (C=O) groups is 1. The molecular formula is C18H19N3O6. The molecule has 0 spiro atoms. The van der Waals surface area contributed by atoms with Crippen molar-refractivity contribution in [2.75, 3.05) is 21.3 Å². The molecule has 1 N–H and O–H groups in total. The third-order valence-corrected chi connectivity index (χ3v) is 3.60. The van der Waals surface area contributed by atoms with Crippen LogP contribution in [0.1, 0.15) is 11.1 Å². The van der Waals surface area contributed by atoms with Gasteiger partial charge in [0.15, 0.2) is 11.5 Å². The normalized spacial score (nSPS) is 10.5. The van der Waals surface area contributed by atoms with Crippen molar-refractivity contribution in [1.29, 1.82) is 0 Å². The third-order valence-electron chi connectivity index (χ3n) is 3.60. The highest BCUT2D eigenvalue weighted by molar-refractivity contribution is 5.85. The Labute approximate surface area is 155 Å². The molecule has 0 saturated heterocycles. The number of nitro groups is 1. The smallest absolute Gasteiger partial charge is 0.269 e. The minimum atomic E-state index is -0.494. The highest BCUT2D eigenvalue weighted by Gasteiger charge is 2.12. The molecule has 0 heterocycles. The quantitative estimate of drug-likeness (QED) is 0.432. The summed E-state index contributed by atoms with van der Waals surface area (Å²) in [6.07, 6.45) is 1.49. The van der Waals surface area contributed by atoms with Crippen molar-refractivity contribution in [2.45, 2.75) is 6.42 Å². The molecule has 1 amide bonds. The number of rotatable bonds is 8. The SMILES string of the molecule is COc1cc(/C=N\NC(=O)Cc2ccc([N+](=O)[O-])cc2)cc(OC)c1OC. The zero-order valence-electron chi connectivity index (χ0n) is 15.1. The van der Waals surface area contributed by atoms with Crippen LogP contribution in [0.3, 0.4) is 0 Å². The van der Waals surface area contributed by atoms with E-state index >= 15 is 0 Å². The number of carbonyl (C=O) groups excluding carboxylic acids is 1. The lowest BCUT2D eigenvalue weighted by molar-refractivity contribution is -0.384. The van der Waals surface area contributed by atoms with Crippen molar-refractivity contribution in [3.8, 4) is 17.2 Å². The van der Waals surface area contributed by atoms with Gasteiger partial charge in [0.2, 0.25) is 11.7 Å². The lowest BCUT2D eigenvalue weighted by atomic mass is 10.1. The standard InChI is InChI=1S/C18H19N3O6/c1-25-15-8-13(9-16(26-2)18(15)27-3)11-19-20-17(22)10-12-4-6-14(7-5-12)21(23)24/h4-9,11H,10H2,1-3H3,(H,20,22)/b19-11-. The fourth-order valence-corrected chi connectivity index (χ4v) is 2.32. The summed E-state index contributed by atoms with van der Waals surface area (Å²) in [4.78, 5) is 22.1. The van der Waals surface area contributed by atoms with E-state index in [0.717, 1.165) is 0 Å². The monoisotopic (exact) mass is 373 g/mol. The van der Waals surface area contributed by atoms with Gasteiger partial charge in [-0.15, -0.1) is 0 Å². The van der Waals surface area contributed by atoms with Crippen molar-refractivity contribution in [3.63, 3.8) is 0 Å². The van der Waals surface area contributed by atoms with Crippen molar-refractivity contribution in [2.24, 2.45) is 5.10 Å². The summed E-state index contributed by atoms with van der Waals surface area (Å²) >= 11 is 0. The number of hydrazone groups is 1. The van der Waals surface area contributed by atoms with Crippen LogP contribution in [-0.2, 0) is 11.2 Å². The van der Waals surface area contributed by atoms with Crippen LogP contribution >= 0.6 is 0 Å². The molecule has 0 aromatic heterocycles. The number of nitro benzene ring substituents is 1. The van der Waals surface area contributed by atoms with Gasteiger partial charge in [-0.1, -0.05) is 12.1 Å². The average Bonchev–Trinajstić information content (AvgIpc) is 2.67. The Hall–Kier alpha value is -3.62. The van der Waals surface area contributed by atoms with E-state index in [1.165, 1.54) is 51.8 Å². The van der Waals surface area contributed by atoms with E-state index in [9.17, 15) is 14.9 Å². The summed E-state index contributed by atoms with van der Waals surface area (Å²) < 4.78 is 15.7. The Morgan fingerprint density at radius 1 is 1.11 bits per heavy atom. The molecule has 0 fully saturated rings. The summed E-state index contributed by atoms with van der Waals surface area (Å²) in [5.41, 5.74) is 3.66. The first-order chi connectivity index (χ1) is 13.0. The summed E-state index contributed by atoms with van der Waals surface area (Å²) in [7, 11) is 4.51. The number of hydrogen-bond acceptors (Lipinski definition) is 7. The number of nitrogens with one attached hydrogen (secondary N) is 1. The molecule has 27 heavy (non-hydrogen) atoms. The average molecular weight is 373 g/mol. The molecule has 2 aromatic rings. The van der Waals surface area contributed by atoms with Gasteiger partial charge in [-0.3, -0.25) is 14.9 Å². The first-order valence-electron chi connectivity index (χ1n) is 7.83. The van der Waals surface area contributed by atoms with E-state index in [1.54, 1.807) is 12.1 Å². The molecule has 142 valence electrons. The number of hydrogen-bond donors (Lipinski definition) is 1. The number of amides is 1. The van der Waals surface area contributed by atoms with Crippen molar-refractivity contribution < 1.29 is 23.9 Å². The van der Waals surface area contributed by atoms with Crippen molar-refractivity contribution in [1.82, 2.24) is 5.43 Å². The lowest BCUT2D eigenvalue weighted by Gasteiger charge is -2.12. The Bertz CT molecular complexity index is 824. The molecule has 0 saturated carbocycles. The predicted octanol–water partition coefficient (Wildman–Crippen LogP) is 2.31. The zero-order valence-corrected chi connectivity index (χ0v) is 15.1. The van der Waals surface area contributed by atoms with E-state index < -0.39 is 4.92 Å². The topological polar surface area (TPSA) is 112 Å². The van der Waals surface area contributed by atoms with E-state index in [0.29, 0.717) is 28.4 Å². The molecule has 9 heteroatoms. The molecule has 2 aromatic carbocycles. The van der Waals surface area contributed by atoms with Gasteiger partial charge in [-0.05, 0) is 17.7 Å². The van der Waals surface area contributed by atoms with Crippen LogP contribution in [0.15, 0.2) is 41.5 Å². The number of nitrogens with zero attached hydrogens (tertiary/aromatic N) is 2. The second-order valence-corrected chi connectivity index (χ2v) is 5.35. The van der Waals surface area contributed by atoms with Gasteiger partial charge in [-0.2, -0.15) is 5.10 Å². The van der Waals surface area contributed by atoms with Gasteiger partial charge in [0.25, 0.3) is 5.69 Å². The van der Waals surface area contributed by atoms with Gasteiger partial charge in [0, 0.05) is 17.7 Å². The number of non-ortho nitro benzene ring substituents is 1. The van der Waals surface area contributed by atoms with E-state index in [4.69, 9.17) is 14.2 Å². The highest BCUT2D eigenvalue weighted by Crippen LogP contribution is 2.37. The molecule has 0 atom stereocenters. The molecular weight excluding hydrogens is 354 g/mol. The Balaban J connectivity index is 2.02. The maximum absolute atomic E-state index is 11.9. The van der Waals surface area contributed by atoms with Crippen LogP contribution in [0.25, 0.3) is 0 Å². The summed E-state index contributed by atoms with van der Waals surface area (Å²) in [6.45, 7) is 0. The third kappa shape index (κ3) is 5.18. The molecule has 9 nitrogen and oxygen atoms in total. The highest BCUT2D eigenvalue weighted by atomic mass is 16.6. The molecule has 0 unspecified atom stereocenters. The fraction of sp³-hybridized carbons (Fsp3) is 0.222. The van der Waals surface area contributed by atoms with Gasteiger partial charge >= 0.3 is 0 Å². The summed E-state index contributed by atoms with van der Waals surface area (Å²) in [6, 6.07) is 9.13. The van der Waals surface area contributed by atoms with E-state index in [1.807, 2.05) is 0 Å². The number of benzene rings is 2. The van der Waals surface area contributed by atoms with Crippen LogP contribution in [0.4, 0.5) is 5.69 Å². The largest absolute Gasteiger partial charge is 0.493 e. The molecule has 0 bridgehead atoms. The first kappa shape index (κ1) is 19.7. The second-order valence-electron chi connectivity index (χ2n) is 5.35. The Kier molecular flexibility index (Phi) is 6.70. The summed E-state index contributed by atoms with van der Waals surface area (Å²) in [5, 5.41) is 14.5. The van der Waals surface area contributed by atoms with Crippen LogP contribution in [0.2, 0.25) is 0 Å². The fourth-order valence-electron chi connectivity index (χ4n) is 2.32. The predicted molar refractivity (Wildman–Crippen MR) is 98.6 cm³/mol. The van der Waals surface area contributed by atoms with Crippen LogP contribution in [0, 0.1) is 10.1 Å². The first-order valence-corrected chi connectivity index (χ1v) is 7.83. The second kappa shape index (κ2) is 9.18. The molecule has 0 aliphatic carbocycles. The van der Waals surface area contributed by atoms with Crippen LogP contribution in [0.5, 0.6) is 17.2 Å². The molecule has 0 aliphatic heterocycles. The van der Waals surface area contributed by atoms with Gasteiger partial charge in [0.05, 0.1) is 38.9 Å². The number of methoxy groups -OCH3 is 3. The zero-order chi connectivity index (χ0) is 19.8. The van der Waals surface area contributed by atoms with Crippen molar-refractivity contribution in [3.05, 3.63) is 57.6 Å². The van der Waals surface area contributed by atoms with E-state index in [-0.39, 0.29) is 18.0 Å². The Morgan fingerprint density at radius 3 is 2.19 bits per heavy atom. The van der Waals surface area contributed by atoms with Gasteiger partial charge < -0.3 is 14.2 Å². The minimum absolute atomic E-state index is 0.0282.